The summed E-state index contributed by atoms with van der Waals surface area (Å²) < 4.78 is 15.8. The first-order valence-corrected chi connectivity index (χ1v) is 5.83. The third-order valence-electron chi connectivity index (χ3n) is 2.60. The van der Waals surface area contributed by atoms with E-state index in [9.17, 15) is 4.79 Å². The van der Waals surface area contributed by atoms with Crippen molar-refractivity contribution in [3.63, 3.8) is 0 Å². The Hall–Kier alpha value is -1.65. The molecule has 0 saturated carbocycles. The predicted octanol–water partition coefficient (Wildman–Crippen LogP) is 2.67. The quantitative estimate of drug-likeness (QED) is 0.737. The number of methoxy groups -OCH3 is 1. The first-order chi connectivity index (χ1) is 8.70. The fourth-order valence-corrected chi connectivity index (χ4v) is 1.69. The van der Waals surface area contributed by atoms with E-state index in [1.807, 2.05) is 31.2 Å². The summed E-state index contributed by atoms with van der Waals surface area (Å²) in [4.78, 5) is 11.9. The molecule has 2 aromatic rings. The molecule has 1 heterocycles. The highest BCUT2D eigenvalue weighted by Gasteiger charge is 2.13. The molecule has 0 saturated heterocycles. The van der Waals surface area contributed by atoms with Gasteiger partial charge >= 0.3 is 0 Å². The van der Waals surface area contributed by atoms with Gasteiger partial charge in [-0.15, -0.1) is 0 Å². The van der Waals surface area contributed by atoms with Gasteiger partial charge in [0.1, 0.15) is 12.2 Å². The van der Waals surface area contributed by atoms with E-state index in [4.69, 9.17) is 13.9 Å². The van der Waals surface area contributed by atoms with E-state index in [0.29, 0.717) is 18.0 Å². The van der Waals surface area contributed by atoms with Crippen molar-refractivity contribution in [3.8, 4) is 0 Å². The second kappa shape index (κ2) is 5.80. The highest BCUT2D eigenvalue weighted by molar-refractivity contribution is 5.98. The lowest BCUT2D eigenvalue weighted by molar-refractivity contribution is 0.0117. The summed E-state index contributed by atoms with van der Waals surface area (Å²) in [5.74, 6) is 0.176. The molecular formula is C14H16O4. The molecule has 1 aromatic heterocycles. The lowest BCUT2D eigenvalue weighted by Crippen LogP contribution is -2.19. The smallest absolute Gasteiger partial charge is 0.223 e. The molecule has 1 atom stereocenters. The van der Waals surface area contributed by atoms with Gasteiger partial charge in [-0.2, -0.15) is 0 Å². The van der Waals surface area contributed by atoms with Gasteiger partial charge in [0.2, 0.25) is 5.78 Å². The zero-order valence-corrected chi connectivity index (χ0v) is 10.5. The predicted molar refractivity (Wildman–Crippen MR) is 67.8 cm³/mol. The number of fused-ring (bicyclic) bond motifs is 1. The van der Waals surface area contributed by atoms with Crippen LogP contribution in [0.25, 0.3) is 11.0 Å². The molecule has 96 valence electrons. The minimum absolute atomic E-state index is 0.00431. The molecule has 2 rings (SSSR count). The van der Waals surface area contributed by atoms with Crippen molar-refractivity contribution < 1.29 is 18.7 Å². The van der Waals surface area contributed by atoms with Gasteiger partial charge in [0.15, 0.2) is 5.76 Å². The normalized spacial score (nSPS) is 12.8. The van der Waals surface area contributed by atoms with Gasteiger partial charge in [0.05, 0.1) is 12.7 Å². The molecule has 0 aliphatic heterocycles. The standard InChI is InChI=1S/C14H16O4/c1-10(8-16-2)17-9-12(15)14-7-11-5-3-4-6-13(11)18-14/h3-7,10H,8-9H2,1-2H3. The maximum atomic E-state index is 11.9. The van der Waals surface area contributed by atoms with Gasteiger partial charge in [0, 0.05) is 12.5 Å². The van der Waals surface area contributed by atoms with E-state index < -0.39 is 0 Å². The minimum atomic E-state index is -0.158. The molecule has 0 aliphatic rings. The van der Waals surface area contributed by atoms with Crippen molar-refractivity contribution in [3.05, 3.63) is 36.1 Å². The van der Waals surface area contributed by atoms with E-state index in [1.165, 1.54) is 0 Å². The zero-order chi connectivity index (χ0) is 13.0. The van der Waals surface area contributed by atoms with Crippen LogP contribution in [0.15, 0.2) is 34.7 Å². The molecule has 1 unspecified atom stereocenters. The lowest BCUT2D eigenvalue weighted by atomic mass is 10.2. The maximum absolute atomic E-state index is 11.9. The number of furan rings is 1. The number of hydrogen-bond donors (Lipinski definition) is 0. The number of Topliss-reactive ketones (excluding diaryl/α,β-unsaturated/α-hetero) is 1. The van der Waals surface area contributed by atoms with Gasteiger partial charge in [-0.25, -0.2) is 0 Å². The number of benzene rings is 1. The van der Waals surface area contributed by atoms with E-state index in [2.05, 4.69) is 0 Å². The van der Waals surface area contributed by atoms with Crippen LogP contribution >= 0.6 is 0 Å². The van der Waals surface area contributed by atoms with Crippen LogP contribution in [0, 0.1) is 0 Å². The van der Waals surface area contributed by atoms with Gasteiger partial charge in [0.25, 0.3) is 0 Å². The summed E-state index contributed by atoms with van der Waals surface area (Å²) in [6.45, 7) is 2.33. The van der Waals surface area contributed by atoms with E-state index in [0.717, 1.165) is 5.39 Å². The van der Waals surface area contributed by atoms with Crippen LogP contribution in [-0.2, 0) is 9.47 Å². The highest BCUT2D eigenvalue weighted by Crippen LogP contribution is 2.19. The molecule has 0 aliphatic carbocycles. The number of ketones is 1. The van der Waals surface area contributed by atoms with Gasteiger partial charge in [-0.1, -0.05) is 18.2 Å². The molecule has 4 heteroatoms. The van der Waals surface area contributed by atoms with Crippen molar-refractivity contribution in [2.75, 3.05) is 20.3 Å². The summed E-state index contributed by atoms with van der Waals surface area (Å²) >= 11 is 0. The van der Waals surface area contributed by atoms with E-state index >= 15 is 0 Å². The van der Waals surface area contributed by atoms with Gasteiger partial charge < -0.3 is 13.9 Å². The SMILES string of the molecule is COCC(C)OCC(=O)c1cc2ccccc2o1. The molecule has 0 N–H and O–H groups in total. The number of para-hydroxylation sites is 1. The molecule has 0 spiro atoms. The summed E-state index contributed by atoms with van der Waals surface area (Å²) in [6, 6.07) is 9.26. The first kappa shape index (κ1) is 12.8. The molecule has 0 bridgehead atoms. The Bertz CT molecular complexity index is 496. The topological polar surface area (TPSA) is 48.7 Å². The van der Waals surface area contributed by atoms with Crippen LogP contribution in [0.1, 0.15) is 17.5 Å². The van der Waals surface area contributed by atoms with Crippen molar-refractivity contribution >= 4 is 16.8 Å². The second-order valence-electron chi connectivity index (χ2n) is 4.15. The fraction of sp³-hybridized carbons (Fsp3) is 0.357. The minimum Gasteiger partial charge on any atom is -0.453 e. The number of hydrogen-bond acceptors (Lipinski definition) is 4. The summed E-state index contributed by atoms with van der Waals surface area (Å²) in [5.41, 5.74) is 0.714. The Morgan fingerprint density at radius 3 is 2.89 bits per heavy atom. The largest absolute Gasteiger partial charge is 0.453 e. The Kier molecular flexibility index (Phi) is 4.12. The Labute approximate surface area is 105 Å². The summed E-state index contributed by atoms with van der Waals surface area (Å²) in [7, 11) is 1.60. The molecule has 0 fully saturated rings. The molecule has 4 nitrogen and oxygen atoms in total. The number of carbonyl (C=O) groups is 1. The summed E-state index contributed by atoms with van der Waals surface area (Å²) in [5, 5.41) is 0.922. The Balaban J connectivity index is 2.00. The van der Waals surface area contributed by atoms with Crippen LogP contribution in [0.5, 0.6) is 0 Å². The summed E-state index contributed by atoms with van der Waals surface area (Å²) in [6.07, 6.45) is -0.108. The highest BCUT2D eigenvalue weighted by atomic mass is 16.5. The van der Waals surface area contributed by atoms with Crippen LogP contribution in [-0.4, -0.2) is 32.2 Å². The van der Waals surface area contributed by atoms with Crippen molar-refractivity contribution in [2.24, 2.45) is 0 Å². The third kappa shape index (κ3) is 2.97. The van der Waals surface area contributed by atoms with Crippen LogP contribution in [0.4, 0.5) is 0 Å². The third-order valence-corrected chi connectivity index (χ3v) is 2.60. The molecule has 0 amide bonds. The van der Waals surface area contributed by atoms with E-state index in [1.54, 1.807) is 13.2 Å². The van der Waals surface area contributed by atoms with Crippen LogP contribution < -0.4 is 0 Å². The number of carbonyl (C=O) groups excluding carboxylic acids is 1. The van der Waals surface area contributed by atoms with Crippen molar-refractivity contribution in [2.45, 2.75) is 13.0 Å². The molecule has 18 heavy (non-hydrogen) atoms. The molecule has 0 radical (unpaired) electrons. The molecule has 1 aromatic carbocycles. The zero-order valence-electron chi connectivity index (χ0n) is 10.5. The van der Waals surface area contributed by atoms with Crippen LogP contribution in [0.2, 0.25) is 0 Å². The van der Waals surface area contributed by atoms with E-state index in [-0.39, 0.29) is 18.5 Å². The maximum Gasteiger partial charge on any atom is 0.223 e. The number of ether oxygens (including phenoxy) is 2. The Morgan fingerprint density at radius 1 is 1.39 bits per heavy atom. The average molecular weight is 248 g/mol. The molecular weight excluding hydrogens is 232 g/mol. The van der Waals surface area contributed by atoms with Gasteiger partial charge in [-0.3, -0.25) is 4.79 Å². The van der Waals surface area contributed by atoms with Crippen molar-refractivity contribution in [1.82, 2.24) is 0 Å². The number of rotatable bonds is 6. The fourth-order valence-electron chi connectivity index (χ4n) is 1.69. The Morgan fingerprint density at radius 2 is 2.17 bits per heavy atom. The van der Waals surface area contributed by atoms with Gasteiger partial charge in [-0.05, 0) is 19.1 Å². The second-order valence-corrected chi connectivity index (χ2v) is 4.15. The lowest BCUT2D eigenvalue weighted by Gasteiger charge is -2.10. The monoisotopic (exact) mass is 248 g/mol. The first-order valence-electron chi connectivity index (χ1n) is 5.83. The van der Waals surface area contributed by atoms with Crippen LogP contribution in [0.3, 0.4) is 0 Å². The average Bonchev–Trinajstić information content (AvgIpc) is 2.80. The van der Waals surface area contributed by atoms with Crippen molar-refractivity contribution in [1.29, 1.82) is 0 Å².